The van der Waals surface area contributed by atoms with Crippen molar-refractivity contribution in [3.05, 3.63) is 15.9 Å². The Morgan fingerprint density at radius 2 is 2.29 bits per heavy atom. The third-order valence-corrected chi connectivity index (χ3v) is 3.14. The molecule has 7 nitrogen and oxygen atoms in total. The summed E-state index contributed by atoms with van der Waals surface area (Å²) in [7, 11) is 1.76. The molecule has 2 rings (SSSR count). The molecule has 1 atom stereocenters. The van der Waals surface area contributed by atoms with Crippen LogP contribution >= 0.6 is 0 Å². The smallest absolute Gasteiger partial charge is 0.391 e. The van der Waals surface area contributed by atoms with E-state index in [2.05, 4.69) is 4.98 Å². The molecule has 0 aliphatic carbocycles. The highest BCUT2D eigenvalue weighted by Gasteiger charge is 2.30. The number of aliphatic hydroxyl groups is 1. The zero-order chi connectivity index (χ0) is 12.6. The van der Waals surface area contributed by atoms with Gasteiger partial charge in [0.25, 0.3) is 0 Å². The first-order valence-corrected chi connectivity index (χ1v) is 5.61. The number of aryl methyl sites for hydroxylation is 1. The molecule has 0 bridgehead atoms. The second-order valence-electron chi connectivity index (χ2n) is 4.36. The van der Waals surface area contributed by atoms with E-state index in [1.807, 2.05) is 4.90 Å². The number of aliphatic hydroxyl groups excluding tert-OH is 1. The van der Waals surface area contributed by atoms with Crippen molar-refractivity contribution in [3.8, 4) is 0 Å². The molecule has 7 heteroatoms. The first-order chi connectivity index (χ1) is 8.00. The van der Waals surface area contributed by atoms with Crippen LogP contribution in [-0.2, 0) is 7.05 Å². The Kier molecular flexibility index (Phi) is 3.01. The fraction of sp³-hybridized carbons (Fsp3) is 0.700. The normalized spacial score (nSPS) is 20.6. The fourth-order valence-corrected chi connectivity index (χ4v) is 2.20. The van der Waals surface area contributed by atoms with E-state index in [-0.39, 0.29) is 5.82 Å². The average Bonchev–Trinajstić information content (AvgIpc) is 2.56. The summed E-state index contributed by atoms with van der Waals surface area (Å²) in [6.45, 7) is 2.88. The van der Waals surface area contributed by atoms with E-state index in [1.165, 1.54) is 0 Å². The second-order valence-corrected chi connectivity index (χ2v) is 4.36. The van der Waals surface area contributed by atoms with Crippen LogP contribution in [0.25, 0.3) is 0 Å². The van der Waals surface area contributed by atoms with Crippen molar-refractivity contribution in [2.24, 2.45) is 7.05 Å². The summed E-state index contributed by atoms with van der Waals surface area (Å²) in [6.07, 6.45) is 1.17. The minimum absolute atomic E-state index is 0.126. The van der Waals surface area contributed by atoms with Crippen LogP contribution in [0.5, 0.6) is 0 Å². The van der Waals surface area contributed by atoms with Crippen molar-refractivity contribution in [1.29, 1.82) is 0 Å². The Hall–Kier alpha value is -1.63. The lowest BCUT2D eigenvalue weighted by atomic mass is 10.1. The van der Waals surface area contributed by atoms with E-state index >= 15 is 0 Å². The van der Waals surface area contributed by atoms with Gasteiger partial charge in [-0.15, -0.1) is 0 Å². The van der Waals surface area contributed by atoms with Crippen molar-refractivity contribution in [2.75, 3.05) is 18.0 Å². The molecule has 2 heterocycles. The topological polar surface area (TPSA) is 84.4 Å². The van der Waals surface area contributed by atoms with Gasteiger partial charge in [-0.05, 0) is 22.7 Å². The molecule has 0 radical (unpaired) electrons. The highest BCUT2D eigenvalue weighted by Crippen LogP contribution is 2.30. The maximum atomic E-state index is 11.0. The predicted molar refractivity (Wildman–Crippen MR) is 62.1 cm³/mol. The maximum Gasteiger partial charge on any atom is 0.406 e. The number of piperidine rings is 1. The van der Waals surface area contributed by atoms with Gasteiger partial charge in [0.15, 0.2) is 0 Å². The number of hydrogen-bond donors (Lipinski definition) is 1. The first-order valence-electron chi connectivity index (χ1n) is 5.61. The minimum atomic E-state index is -0.469. The molecule has 94 valence electrons. The summed E-state index contributed by atoms with van der Waals surface area (Å²) in [5, 5.41) is 20.6. The van der Waals surface area contributed by atoms with Crippen LogP contribution in [0.3, 0.4) is 0 Å². The number of nitrogens with zero attached hydrogens (tertiary/aromatic N) is 4. The molecular weight excluding hydrogens is 224 g/mol. The molecule has 0 spiro atoms. The number of hydrogen-bond acceptors (Lipinski definition) is 5. The molecule has 1 N–H and O–H groups in total. The van der Waals surface area contributed by atoms with Crippen LogP contribution in [-0.4, -0.2) is 38.8 Å². The quantitative estimate of drug-likeness (QED) is 0.604. The molecular formula is C10H16N4O3. The van der Waals surface area contributed by atoms with Gasteiger partial charge in [0.05, 0.1) is 6.10 Å². The van der Waals surface area contributed by atoms with E-state index in [0.29, 0.717) is 18.2 Å². The van der Waals surface area contributed by atoms with E-state index < -0.39 is 11.0 Å². The van der Waals surface area contributed by atoms with Gasteiger partial charge in [0.1, 0.15) is 0 Å². The Bertz CT molecular complexity index is 443. The zero-order valence-corrected chi connectivity index (χ0v) is 9.96. The first kappa shape index (κ1) is 11.8. The van der Waals surface area contributed by atoms with Crippen LogP contribution in [0.4, 0.5) is 11.6 Å². The van der Waals surface area contributed by atoms with E-state index in [0.717, 1.165) is 19.4 Å². The van der Waals surface area contributed by atoms with Crippen molar-refractivity contribution in [2.45, 2.75) is 25.9 Å². The lowest BCUT2D eigenvalue weighted by Crippen LogP contribution is -2.39. The van der Waals surface area contributed by atoms with E-state index in [1.54, 1.807) is 18.5 Å². The van der Waals surface area contributed by atoms with Gasteiger partial charge in [0, 0.05) is 27.1 Å². The van der Waals surface area contributed by atoms with E-state index in [4.69, 9.17) is 0 Å². The minimum Gasteiger partial charge on any atom is -0.391 e. The largest absolute Gasteiger partial charge is 0.406 e. The molecule has 1 aromatic rings. The number of anilines is 1. The molecule has 0 aromatic carbocycles. The maximum absolute atomic E-state index is 11.0. The molecule has 0 amide bonds. The monoisotopic (exact) mass is 240 g/mol. The second kappa shape index (κ2) is 4.33. The highest BCUT2D eigenvalue weighted by atomic mass is 16.6. The molecule has 1 fully saturated rings. The van der Waals surface area contributed by atoms with Gasteiger partial charge >= 0.3 is 5.82 Å². The number of rotatable bonds is 2. The van der Waals surface area contributed by atoms with Gasteiger partial charge in [-0.1, -0.05) is 0 Å². The summed E-state index contributed by atoms with van der Waals surface area (Å²) in [5.41, 5.74) is 0. The molecule has 17 heavy (non-hydrogen) atoms. The number of β-amino-alcohol motifs (C(OH)–C–C–N with tert-alkyl or cyclic N) is 1. The third-order valence-electron chi connectivity index (χ3n) is 3.14. The number of nitro groups is 1. The predicted octanol–water partition coefficient (Wildman–Crippen LogP) is 0.598. The van der Waals surface area contributed by atoms with Crippen LogP contribution < -0.4 is 4.90 Å². The lowest BCUT2D eigenvalue weighted by Gasteiger charge is -2.30. The SMILES string of the molecule is Cc1nc([N+](=O)[O-])c(N2CCCC(O)C2)n1C. The Morgan fingerprint density at radius 3 is 2.88 bits per heavy atom. The summed E-state index contributed by atoms with van der Waals surface area (Å²) in [5.74, 6) is 0.970. The summed E-state index contributed by atoms with van der Waals surface area (Å²) >= 11 is 0. The average molecular weight is 240 g/mol. The lowest BCUT2D eigenvalue weighted by molar-refractivity contribution is -0.388. The van der Waals surface area contributed by atoms with Crippen LogP contribution in [0.15, 0.2) is 0 Å². The summed E-state index contributed by atoms with van der Waals surface area (Å²) in [6, 6.07) is 0. The standard InChI is InChI=1S/C10H16N4O3/c1-7-11-9(14(16)17)10(12(7)2)13-5-3-4-8(15)6-13/h8,15H,3-6H2,1-2H3. The molecule has 1 unspecified atom stereocenters. The van der Waals surface area contributed by atoms with Gasteiger partial charge in [-0.3, -0.25) is 4.57 Å². The fourth-order valence-electron chi connectivity index (χ4n) is 2.20. The van der Waals surface area contributed by atoms with Crippen molar-refractivity contribution in [1.82, 2.24) is 9.55 Å². The molecule has 1 aliphatic rings. The Morgan fingerprint density at radius 1 is 1.59 bits per heavy atom. The number of aromatic nitrogens is 2. The van der Waals surface area contributed by atoms with Crippen LogP contribution in [0.2, 0.25) is 0 Å². The van der Waals surface area contributed by atoms with Crippen LogP contribution in [0.1, 0.15) is 18.7 Å². The van der Waals surface area contributed by atoms with Gasteiger partial charge < -0.3 is 20.1 Å². The summed E-state index contributed by atoms with van der Waals surface area (Å²) in [4.78, 5) is 16.3. The van der Waals surface area contributed by atoms with Crippen LogP contribution in [0, 0.1) is 17.0 Å². The Labute approximate surface area is 98.8 Å². The molecule has 1 aliphatic heterocycles. The van der Waals surface area contributed by atoms with Crippen molar-refractivity contribution >= 4 is 11.6 Å². The molecule has 1 aromatic heterocycles. The van der Waals surface area contributed by atoms with Gasteiger partial charge in [0.2, 0.25) is 11.6 Å². The molecule has 0 saturated carbocycles. The third kappa shape index (κ3) is 2.10. The van der Waals surface area contributed by atoms with Gasteiger partial charge in [-0.25, -0.2) is 0 Å². The van der Waals surface area contributed by atoms with E-state index in [9.17, 15) is 15.2 Å². The molecule has 1 saturated heterocycles. The van der Waals surface area contributed by atoms with Crippen molar-refractivity contribution < 1.29 is 10.0 Å². The number of imidazole rings is 1. The van der Waals surface area contributed by atoms with Gasteiger partial charge in [-0.2, -0.15) is 0 Å². The summed E-state index contributed by atoms with van der Waals surface area (Å²) < 4.78 is 1.70. The Balaban J connectivity index is 2.39. The zero-order valence-electron chi connectivity index (χ0n) is 9.96. The van der Waals surface area contributed by atoms with Crippen molar-refractivity contribution in [3.63, 3.8) is 0 Å². The highest BCUT2D eigenvalue weighted by molar-refractivity contribution is 5.56.